The van der Waals surface area contributed by atoms with E-state index >= 15 is 0 Å². The molecule has 1 saturated carbocycles. The summed E-state index contributed by atoms with van der Waals surface area (Å²) in [5.41, 5.74) is 1.81. The molecule has 1 aromatic carbocycles. The number of nitriles is 1. The van der Waals surface area contributed by atoms with Gasteiger partial charge in [0, 0.05) is 11.9 Å². The second-order valence-corrected chi connectivity index (χ2v) is 7.23. The number of amides is 1. The summed E-state index contributed by atoms with van der Waals surface area (Å²) in [4.78, 5) is 15.4. The summed E-state index contributed by atoms with van der Waals surface area (Å²) in [6.07, 6.45) is 4.85. The summed E-state index contributed by atoms with van der Waals surface area (Å²) in [6.45, 7) is 4.12. The zero-order valence-electron chi connectivity index (χ0n) is 13.7. The van der Waals surface area contributed by atoms with Crippen molar-refractivity contribution in [1.82, 2.24) is 4.90 Å². The molecule has 0 saturated heterocycles. The van der Waals surface area contributed by atoms with Crippen LogP contribution in [0.4, 0.5) is 0 Å². The first-order valence-corrected chi connectivity index (χ1v) is 8.85. The van der Waals surface area contributed by atoms with Crippen LogP contribution in [0.3, 0.4) is 0 Å². The molecule has 0 aliphatic heterocycles. The Balaban J connectivity index is 2.02. The van der Waals surface area contributed by atoms with Gasteiger partial charge in [-0.15, -0.1) is 11.8 Å². The fourth-order valence-electron chi connectivity index (χ4n) is 3.00. The molecule has 1 aromatic rings. The Morgan fingerprint density at radius 3 is 2.64 bits per heavy atom. The van der Waals surface area contributed by atoms with Gasteiger partial charge in [0.25, 0.3) is 0 Å². The van der Waals surface area contributed by atoms with Crippen molar-refractivity contribution in [1.29, 1.82) is 5.26 Å². The number of hydrogen-bond acceptors (Lipinski definition) is 3. The molecular weight excluding hydrogens is 292 g/mol. The molecule has 2 rings (SSSR count). The SMILES string of the molecule is Cc1ccc(C)c(SCC(=O)N(C)C2(C#N)CCCCC2)c1. The van der Waals surface area contributed by atoms with E-state index < -0.39 is 5.54 Å². The van der Waals surface area contributed by atoms with Crippen LogP contribution < -0.4 is 0 Å². The van der Waals surface area contributed by atoms with Crippen molar-refractivity contribution in [2.75, 3.05) is 12.8 Å². The number of aryl methyl sites for hydroxylation is 2. The van der Waals surface area contributed by atoms with Crippen LogP contribution in [0.25, 0.3) is 0 Å². The number of carbonyl (C=O) groups is 1. The Hall–Kier alpha value is -1.47. The Morgan fingerprint density at radius 2 is 2.00 bits per heavy atom. The van der Waals surface area contributed by atoms with Gasteiger partial charge in [-0.3, -0.25) is 4.79 Å². The molecule has 4 heteroatoms. The largest absolute Gasteiger partial charge is 0.326 e. The van der Waals surface area contributed by atoms with Crippen LogP contribution in [0, 0.1) is 25.2 Å². The number of benzene rings is 1. The summed E-state index contributed by atoms with van der Waals surface area (Å²) in [7, 11) is 1.79. The van der Waals surface area contributed by atoms with E-state index in [9.17, 15) is 10.1 Å². The third kappa shape index (κ3) is 3.64. The molecular formula is C18H24N2OS. The van der Waals surface area contributed by atoms with Crippen LogP contribution in [0.1, 0.15) is 43.2 Å². The maximum absolute atomic E-state index is 12.5. The summed E-state index contributed by atoms with van der Waals surface area (Å²) < 4.78 is 0. The zero-order chi connectivity index (χ0) is 16.2. The van der Waals surface area contributed by atoms with Gasteiger partial charge in [-0.1, -0.05) is 37.0 Å². The normalized spacial score (nSPS) is 16.8. The van der Waals surface area contributed by atoms with Gasteiger partial charge in [-0.25, -0.2) is 0 Å². The quantitative estimate of drug-likeness (QED) is 0.786. The van der Waals surface area contributed by atoms with Crippen molar-refractivity contribution in [2.45, 2.75) is 56.4 Å². The van der Waals surface area contributed by atoms with Gasteiger partial charge in [0.05, 0.1) is 11.8 Å². The van der Waals surface area contributed by atoms with E-state index in [1.807, 2.05) is 0 Å². The number of hydrogen-bond donors (Lipinski definition) is 0. The Bertz CT molecular complexity index is 585. The summed E-state index contributed by atoms with van der Waals surface area (Å²) in [5, 5.41) is 9.58. The zero-order valence-corrected chi connectivity index (χ0v) is 14.5. The monoisotopic (exact) mass is 316 g/mol. The molecule has 3 nitrogen and oxygen atoms in total. The van der Waals surface area contributed by atoms with E-state index in [0.29, 0.717) is 5.75 Å². The van der Waals surface area contributed by atoms with Crippen molar-refractivity contribution >= 4 is 17.7 Å². The Labute approximate surface area is 137 Å². The predicted molar refractivity (Wildman–Crippen MR) is 90.8 cm³/mol. The van der Waals surface area contributed by atoms with Gasteiger partial charge in [0.15, 0.2) is 0 Å². The van der Waals surface area contributed by atoms with Gasteiger partial charge >= 0.3 is 0 Å². The number of nitrogens with zero attached hydrogens (tertiary/aromatic N) is 2. The second kappa shape index (κ2) is 7.19. The number of carbonyl (C=O) groups excluding carboxylic acids is 1. The molecule has 0 spiro atoms. The summed E-state index contributed by atoms with van der Waals surface area (Å²) >= 11 is 1.57. The lowest BCUT2D eigenvalue weighted by Gasteiger charge is -2.39. The molecule has 0 heterocycles. The first-order valence-electron chi connectivity index (χ1n) is 7.86. The minimum atomic E-state index is -0.586. The third-order valence-corrected chi connectivity index (χ3v) is 5.74. The van der Waals surface area contributed by atoms with Gasteiger partial charge in [-0.2, -0.15) is 5.26 Å². The van der Waals surface area contributed by atoms with E-state index in [1.165, 1.54) is 17.5 Å². The molecule has 118 valence electrons. The molecule has 22 heavy (non-hydrogen) atoms. The van der Waals surface area contributed by atoms with E-state index in [1.54, 1.807) is 23.7 Å². The molecule has 1 aliphatic rings. The average Bonchev–Trinajstić information content (AvgIpc) is 2.55. The third-order valence-electron chi connectivity index (χ3n) is 4.60. The van der Waals surface area contributed by atoms with Crippen LogP contribution >= 0.6 is 11.8 Å². The van der Waals surface area contributed by atoms with Crippen molar-refractivity contribution < 1.29 is 4.79 Å². The second-order valence-electron chi connectivity index (χ2n) is 6.21. The molecule has 0 atom stereocenters. The topological polar surface area (TPSA) is 44.1 Å². The maximum atomic E-state index is 12.5. The fourth-order valence-corrected chi connectivity index (χ4v) is 4.03. The van der Waals surface area contributed by atoms with E-state index in [2.05, 4.69) is 38.1 Å². The lowest BCUT2D eigenvalue weighted by Crippen LogP contribution is -2.50. The van der Waals surface area contributed by atoms with Gasteiger partial charge in [0.2, 0.25) is 5.91 Å². The molecule has 0 aromatic heterocycles. The lowest BCUT2D eigenvalue weighted by molar-refractivity contribution is -0.131. The standard InChI is InChI=1S/C18H24N2OS/c1-14-7-8-15(2)16(11-14)22-12-17(21)20(3)18(13-19)9-5-4-6-10-18/h7-8,11H,4-6,9-10,12H2,1-3H3. The van der Waals surface area contributed by atoms with Crippen LogP contribution in [0.15, 0.2) is 23.1 Å². The van der Waals surface area contributed by atoms with Crippen molar-refractivity contribution in [3.63, 3.8) is 0 Å². The smallest absolute Gasteiger partial charge is 0.233 e. The van der Waals surface area contributed by atoms with Gasteiger partial charge < -0.3 is 4.90 Å². The number of thioether (sulfide) groups is 1. The van der Waals surface area contributed by atoms with Crippen LogP contribution in [-0.4, -0.2) is 29.1 Å². The first-order chi connectivity index (χ1) is 10.5. The lowest BCUT2D eigenvalue weighted by atomic mass is 9.81. The van der Waals surface area contributed by atoms with Crippen LogP contribution in [-0.2, 0) is 4.79 Å². The molecule has 1 amide bonds. The highest BCUT2D eigenvalue weighted by Gasteiger charge is 2.38. The molecule has 1 fully saturated rings. The Kier molecular flexibility index (Phi) is 5.52. The molecule has 0 unspecified atom stereocenters. The first kappa shape index (κ1) is 16.9. The highest BCUT2D eigenvalue weighted by atomic mass is 32.2. The highest BCUT2D eigenvalue weighted by Crippen LogP contribution is 2.33. The van der Waals surface area contributed by atoms with Crippen LogP contribution in [0.2, 0.25) is 0 Å². The predicted octanol–water partition coefficient (Wildman–Crippen LogP) is 4.08. The van der Waals surface area contributed by atoms with Crippen molar-refractivity contribution in [2.24, 2.45) is 0 Å². The molecule has 0 radical (unpaired) electrons. The molecule has 0 N–H and O–H groups in total. The van der Waals surface area contributed by atoms with Crippen molar-refractivity contribution in [3.05, 3.63) is 29.3 Å². The maximum Gasteiger partial charge on any atom is 0.233 e. The summed E-state index contributed by atoms with van der Waals surface area (Å²) in [6, 6.07) is 8.70. The summed E-state index contributed by atoms with van der Waals surface area (Å²) in [5.74, 6) is 0.443. The fraction of sp³-hybridized carbons (Fsp3) is 0.556. The number of rotatable bonds is 4. The van der Waals surface area contributed by atoms with E-state index in [4.69, 9.17) is 0 Å². The molecule has 1 aliphatic carbocycles. The molecule has 0 bridgehead atoms. The van der Waals surface area contributed by atoms with Crippen LogP contribution in [0.5, 0.6) is 0 Å². The average molecular weight is 316 g/mol. The highest BCUT2D eigenvalue weighted by molar-refractivity contribution is 8.00. The van der Waals surface area contributed by atoms with E-state index in [0.717, 1.165) is 30.6 Å². The van der Waals surface area contributed by atoms with Gasteiger partial charge in [-0.05, 0) is 38.3 Å². The minimum Gasteiger partial charge on any atom is -0.326 e. The van der Waals surface area contributed by atoms with Gasteiger partial charge in [0.1, 0.15) is 5.54 Å². The Morgan fingerprint density at radius 1 is 1.32 bits per heavy atom. The van der Waals surface area contributed by atoms with E-state index in [-0.39, 0.29) is 5.91 Å². The minimum absolute atomic E-state index is 0.0503. The van der Waals surface area contributed by atoms with Crippen molar-refractivity contribution in [3.8, 4) is 6.07 Å².